The summed E-state index contributed by atoms with van der Waals surface area (Å²) >= 11 is 0. The summed E-state index contributed by atoms with van der Waals surface area (Å²) < 4.78 is 25.7. The molecule has 0 aliphatic carbocycles. The number of aliphatic hydroxyl groups excluding tert-OH is 1. The van der Waals surface area contributed by atoms with Crippen molar-refractivity contribution < 1.29 is 13.5 Å². The van der Waals surface area contributed by atoms with E-state index in [0.717, 1.165) is 0 Å². The molecule has 100 valence electrons. The molecule has 0 aliphatic rings. The van der Waals surface area contributed by atoms with E-state index in [2.05, 4.69) is 16.6 Å². The van der Waals surface area contributed by atoms with E-state index in [9.17, 15) is 8.42 Å². The Morgan fingerprint density at radius 1 is 1.47 bits per heavy atom. The molecule has 0 saturated carbocycles. The Morgan fingerprint density at radius 3 is 2.84 bits per heavy atom. The molecule has 5 nitrogen and oxygen atoms in total. The molecule has 0 aromatic heterocycles. The van der Waals surface area contributed by atoms with Crippen molar-refractivity contribution in [1.29, 1.82) is 5.26 Å². The molecule has 0 saturated heterocycles. The number of nitrogens with one attached hydrogen (secondary N) is 1. The van der Waals surface area contributed by atoms with Crippen LogP contribution in [0.4, 0.5) is 5.69 Å². The van der Waals surface area contributed by atoms with Crippen LogP contribution < -0.4 is 4.72 Å². The van der Waals surface area contributed by atoms with Gasteiger partial charge in [0, 0.05) is 17.7 Å². The first-order chi connectivity index (χ1) is 8.99. The molecule has 2 N–H and O–H groups in total. The first-order valence-corrected chi connectivity index (χ1v) is 7.15. The second kappa shape index (κ2) is 6.79. The van der Waals surface area contributed by atoms with Crippen molar-refractivity contribution >= 4 is 15.7 Å². The monoisotopic (exact) mass is 278 g/mol. The Kier molecular flexibility index (Phi) is 5.37. The molecule has 0 spiro atoms. The molecule has 0 radical (unpaired) electrons. The van der Waals surface area contributed by atoms with Gasteiger partial charge < -0.3 is 5.11 Å². The van der Waals surface area contributed by atoms with Crippen LogP contribution in [-0.2, 0) is 10.0 Å². The SMILES string of the molecule is CC(C#N)S(=O)(=O)Nc1cccc(C#CCCO)c1. The summed E-state index contributed by atoms with van der Waals surface area (Å²) in [4.78, 5) is 0. The molecule has 19 heavy (non-hydrogen) atoms. The minimum absolute atomic E-state index is 0.0149. The average molecular weight is 278 g/mol. The van der Waals surface area contributed by atoms with E-state index in [1.807, 2.05) is 0 Å². The van der Waals surface area contributed by atoms with Gasteiger partial charge in [-0.15, -0.1) is 0 Å². The maximum atomic E-state index is 11.7. The van der Waals surface area contributed by atoms with E-state index < -0.39 is 15.3 Å². The zero-order valence-corrected chi connectivity index (χ0v) is 11.2. The van der Waals surface area contributed by atoms with Crippen LogP contribution in [0.2, 0.25) is 0 Å². The van der Waals surface area contributed by atoms with Gasteiger partial charge in [-0.25, -0.2) is 8.42 Å². The van der Waals surface area contributed by atoms with E-state index >= 15 is 0 Å². The predicted molar refractivity (Wildman–Crippen MR) is 72.6 cm³/mol. The Morgan fingerprint density at radius 2 is 2.21 bits per heavy atom. The highest BCUT2D eigenvalue weighted by atomic mass is 32.2. The minimum Gasteiger partial charge on any atom is -0.395 e. The van der Waals surface area contributed by atoms with Crippen LogP contribution in [-0.4, -0.2) is 25.4 Å². The number of nitrogens with zero attached hydrogens (tertiary/aromatic N) is 1. The van der Waals surface area contributed by atoms with Gasteiger partial charge in [0.05, 0.1) is 12.7 Å². The van der Waals surface area contributed by atoms with Crippen molar-refractivity contribution in [2.45, 2.75) is 18.6 Å². The molecule has 0 aliphatic heterocycles. The molecule has 0 amide bonds. The average Bonchev–Trinajstić information content (AvgIpc) is 2.38. The van der Waals surface area contributed by atoms with Crippen molar-refractivity contribution in [2.24, 2.45) is 0 Å². The summed E-state index contributed by atoms with van der Waals surface area (Å²) in [5.74, 6) is 5.55. The van der Waals surface area contributed by atoms with Gasteiger partial charge in [0.25, 0.3) is 0 Å². The number of hydrogen-bond acceptors (Lipinski definition) is 4. The van der Waals surface area contributed by atoms with E-state index in [1.165, 1.54) is 6.92 Å². The Labute approximate surface area is 112 Å². The first-order valence-electron chi connectivity index (χ1n) is 5.60. The van der Waals surface area contributed by atoms with Crippen molar-refractivity contribution in [2.75, 3.05) is 11.3 Å². The largest absolute Gasteiger partial charge is 0.395 e. The fourth-order valence-electron chi connectivity index (χ4n) is 1.20. The summed E-state index contributed by atoms with van der Waals surface area (Å²) in [7, 11) is -3.70. The third-order valence-electron chi connectivity index (χ3n) is 2.24. The van der Waals surface area contributed by atoms with Crippen LogP contribution in [0.1, 0.15) is 18.9 Å². The molecule has 0 heterocycles. The van der Waals surface area contributed by atoms with E-state index in [-0.39, 0.29) is 6.61 Å². The molecule has 6 heteroatoms. The van der Waals surface area contributed by atoms with Gasteiger partial charge in [0.15, 0.2) is 5.25 Å². The highest BCUT2D eigenvalue weighted by Crippen LogP contribution is 2.13. The van der Waals surface area contributed by atoms with Crippen LogP contribution in [0.3, 0.4) is 0 Å². The Bertz CT molecular complexity index is 636. The highest BCUT2D eigenvalue weighted by Gasteiger charge is 2.19. The lowest BCUT2D eigenvalue weighted by Crippen LogP contribution is -2.23. The lowest BCUT2D eigenvalue weighted by Gasteiger charge is -2.09. The molecular formula is C13H14N2O3S. The van der Waals surface area contributed by atoms with Crippen LogP contribution in [0.5, 0.6) is 0 Å². The summed E-state index contributed by atoms with van der Waals surface area (Å²) in [6, 6.07) is 8.23. The zero-order valence-electron chi connectivity index (χ0n) is 10.4. The molecule has 0 bridgehead atoms. The summed E-state index contributed by atoms with van der Waals surface area (Å²) in [6.07, 6.45) is 0.363. The van der Waals surface area contributed by atoms with E-state index in [4.69, 9.17) is 10.4 Å². The maximum Gasteiger partial charge on any atom is 0.248 e. The topological polar surface area (TPSA) is 90.2 Å². The number of nitriles is 1. The lowest BCUT2D eigenvalue weighted by molar-refractivity contribution is 0.305. The molecule has 1 aromatic carbocycles. The normalized spacial score (nSPS) is 11.8. The quantitative estimate of drug-likeness (QED) is 0.806. The summed E-state index contributed by atoms with van der Waals surface area (Å²) in [5.41, 5.74) is 0.996. The number of hydrogen-bond donors (Lipinski definition) is 2. The predicted octanol–water partition coefficient (Wildman–Crippen LogP) is 1.07. The molecule has 1 atom stereocenters. The van der Waals surface area contributed by atoms with Gasteiger partial charge in [-0.05, 0) is 25.1 Å². The van der Waals surface area contributed by atoms with Gasteiger partial charge in [-0.3, -0.25) is 4.72 Å². The first kappa shape index (κ1) is 15.0. The highest BCUT2D eigenvalue weighted by molar-refractivity contribution is 7.93. The number of benzene rings is 1. The molecule has 1 unspecified atom stereocenters. The van der Waals surface area contributed by atoms with Crippen molar-refractivity contribution in [1.82, 2.24) is 0 Å². The van der Waals surface area contributed by atoms with E-state index in [0.29, 0.717) is 17.7 Å². The van der Waals surface area contributed by atoms with Crippen molar-refractivity contribution in [3.8, 4) is 17.9 Å². The van der Waals surface area contributed by atoms with Crippen LogP contribution in [0.15, 0.2) is 24.3 Å². The van der Waals surface area contributed by atoms with Gasteiger partial charge in [0.1, 0.15) is 0 Å². The van der Waals surface area contributed by atoms with Crippen molar-refractivity contribution in [3.05, 3.63) is 29.8 Å². The fraction of sp³-hybridized carbons (Fsp3) is 0.308. The van der Waals surface area contributed by atoms with Crippen LogP contribution in [0.25, 0.3) is 0 Å². The Hall–Kier alpha value is -2.02. The van der Waals surface area contributed by atoms with Gasteiger partial charge in [-0.1, -0.05) is 17.9 Å². The third kappa shape index (κ3) is 4.63. The number of sulfonamides is 1. The number of anilines is 1. The number of aliphatic hydroxyl groups is 1. The van der Waals surface area contributed by atoms with Crippen LogP contribution in [0, 0.1) is 23.2 Å². The summed E-state index contributed by atoms with van der Waals surface area (Å²) in [5, 5.41) is 16.1. The fourth-order valence-corrected chi connectivity index (χ4v) is 1.97. The second-order valence-electron chi connectivity index (χ2n) is 3.77. The van der Waals surface area contributed by atoms with Crippen LogP contribution >= 0.6 is 0 Å². The van der Waals surface area contributed by atoms with Gasteiger partial charge in [-0.2, -0.15) is 5.26 Å². The van der Waals surface area contributed by atoms with Crippen molar-refractivity contribution in [3.63, 3.8) is 0 Å². The molecular weight excluding hydrogens is 264 g/mol. The second-order valence-corrected chi connectivity index (χ2v) is 5.78. The lowest BCUT2D eigenvalue weighted by atomic mass is 10.2. The smallest absolute Gasteiger partial charge is 0.248 e. The molecule has 1 rings (SSSR count). The minimum atomic E-state index is -3.70. The number of rotatable bonds is 4. The third-order valence-corrected chi connectivity index (χ3v) is 3.80. The van der Waals surface area contributed by atoms with Gasteiger partial charge in [0.2, 0.25) is 10.0 Å². The molecule has 1 aromatic rings. The Balaban J connectivity index is 2.91. The standard InChI is InChI=1S/C13H14N2O3S/c1-11(10-14)19(17,18)15-13-7-4-6-12(9-13)5-2-3-8-16/h4,6-7,9,11,15-16H,3,8H2,1H3. The zero-order chi connectivity index (χ0) is 14.3. The maximum absolute atomic E-state index is 11.7. The summed E-state index contributed by atoms with van der Waals surface area (Å²) in [6.45, 7) is 1.30. The molecule has 0 fully saturated rings. The van der Waals surface area contributed by atoms with Gasteiger partial charge >= 0.3 is 0 Å². The van der Waals surface area contributed by atoms with E-state index in [1.54, 1.807) is 30.3 Å².